The molecule has 0 radical (unpaired) electrons. The standard InChI is InChI=1S/C20H19ClN6O3/c1-11-16(19(28)23-13-9-7-12(21)8-10-13)17(27-20(22-11)24-25-26-27)14-5-4-6-15(29-2)18(14)30-3/h4-10,17H,1-3H3,(H,23,28)(H,22,24,26)/t17-/m1/s1. The molecule has 3 aromatic rings. The van der Waals surface area contributed by atoms with Crippen LogP contribution in [0.1, 0.15) is 18.5 Å². The Morgan fingerprint density at radius 1 is 1.17 bits per heavy atom. The zero-order valence-corrected chi connectivity index (χ0v) is 17.3. The van der Waals surface area contributed by atoms with E-state index in [1.165, 1.54) is 0 Å². The second-order valence-corrected chi connectivity index (χ2v) is 6.99. The normalized spacial score (nSPS) is 15.3. The summed E-state index contributed by atoms with van der Waals surface area (Å²) < 4.78 is 12.6. The van der Waals surface area contributed by atoms with Gasteiger partial charge in [-0.1, -0.05) is 28.8 Å². The highest BCUT2D eigenvalue weighted by Gasteiger charge is 2.36. The Morgan fingerprint density at radius 2 is 1.93 bits per heavy atom. The van der Waals surface area contributed by atoms with E-state index in [9.17, 15) is 4.79 Å². The number of halogens is 1. The molecule has 1 atom stereocenters. The number of rotatable bonds is 5. The minimum Gasteiger partial charge on any atom is -0.493 e. The van der Waals surface area contributed by atoms with E-state index in [0.717, 1.165) is 0 Å². The lowest BCUT2D eigenvalue weighted by Gasteiger charge is -2.29. The first-order valence-corrected chi connectivity index (χ1v) is 9.44. The molecule has 0 saturated carbocycles. The van der Waals surface area contributed by atoms with Gasteiger partial charge in [-0.25, -0.2) is 0 Å². The molecule has 0 spiro atoms. The molecule has 0 unspecified atom stereocenters. The summed E-state index contributed by atoms with van der Waals surface area (Å²) in [5, 5.41) is 18.4. The van der Waals surface area contributed by atoms with Crippen LogP contribution in [0.5, 0.6) is 11.5 Å². The van der Waals surface area contributed by atoms with E-state index in [2.05, 4.69) is 26.2 Å². The first-order valence-electron chi connectivity index (χ1n) is 9.07. The Labute approximate surface area is 177 Å². The number of fused-ring (bicyclic) bond motifs is 1. The number of aromatic nitrogens is 4. The van der Waals surface area contributed by atoms with E-state index in [1.54, 1.807) is 56.2 Å². The lowest BCUT2D eigenvalue weighted by Crippen LogP contribution is -2.31. The summed E-state index contributed by atoms with van der Waals surface area (Å²) in [6, 6.07) is 11.7. The van der Waals surface area contributed by atoms with Gasteiger partial charge < -0.3 is 20.1 Å². The third kappa shape index (κ3) is 3.43. The molecule has 0 saturated heterocycles. The number of anilines is 2. The molecule has 10 heteroatoms. The van der Waals surface area contributed by atoms with Gasteiger partial charge in [0.2, 0.25) is 5.95 Å². The van der Waals surface area contributed by atoms with E-state index < -0.39 is 6.04 Å². The first-order chi connectivity index (χ1) is 14.5. The van der Waals surface area contributed by atoms with Gasteiger partial charge in [-0.05, 0) is 47.7 Å². The number of ether oxygens (including phenoxy) is 2. The Balaban J connectivity index is 1.82. The van der Waals surface area contributed by atoms with Gasteiger partial charge in [0.1, 0.15) is 6.04 Å². The Kier molecular flexibility index (Phi) is 5.28. The Bertz CT molecular complexity index is 1130. The molecule has 4 rings (SSSR count). The topological polar surface area (TPSA) is 103 Å². The van der Waals surface area contributed by atoms with Gasteiger partial charge in [0.25, 0.3) is 5.91 Å². The number of benzene rings is 2. The van der Waals surface area contributed by atoms with Gasteiger partial charge in [0, 0.05) is 22.0 Å². The smallest absolute Gasteiger partial charge is 0.255 e. The van der Waals surface area contributed by atoms with Crippen LogP contribution in [0.3, 0.4) is 0 Å². The van der Waals surface area contributed by atoms with Crippen molar-refractivity contribution in [1.82, 2.24) is 20.2 Å². The monoisotopic (exact) mass is 426 g/mol. The average Bonchev–Trinajstić information content (AvgIpc) is 3.21. The highest BCUT2D eigenvalue weighted by Crippen LogP contribution is 2.42. The van der Waals surface area contributed by atoms with Crippen molar-refractivity contribution in [2.45, 2.75) is 13.0 Å². The van der Waals surface area contributed by atoms with E-state index >= 15 is 0 Å². The van der Waals surface area contributed by atoms with Crippen LogP contribution >= 0.6 is 11.6 Å². The number of nitrogens with one attached hydrogen (secondary N) is 2. The van der Waals surface area contributed by atoms with Gasteiger partial charge in [-0.2, -0.15) is 4.68 Å². The molecule has 1 amide bonds. The van der Waals surface area contributed by atoms with Crippen LogP contribution in [0.15, 0.2) is 53.7 Å². The van der Waals surface area contributed by atoms with Crippen LogP contribution in [-0.4, -0.2) is 40.3 Å². The maximum Gasteiger partial charge on any atom is 0.255 e. The number of methoxy groups -OCH3 is 2. The zero-order chi connectivity index (χ0) is 21.3. The molecule has 1 aromatic heterocycles. The van der Waals surface area contributed by atoms with Crippen molar-refractivity contribution in [2.75, 3.05) is 24.9 Å². The van der Waals surface area contributed by atoms with Crippen molar-refractivity contribution in [3.63, 3.8) is 0 Å². The van der Waals surface area contributed by atoms with Crippen molar-refractivity contribution < 1.29 is 14.3 Å². The van der Waals surface area contributed by atoms with E-state index in [1.807, 2.05) is 12.1 Å². The lowest BCUT2D eigenvalue weighted by atomic mass is 9.94. The predicted molar refractivity (Wildman–Crippen MR) is 112 cm³/mol. The summed E-state index contributed by atoms with van der Waals surface area (Å²) in [5.74, 6) is 1.15. The van der Waals surface area contributed by atoms with Gasteiger partial charge >= 0.3 is 0 Å². The van der Waals surface area contributed by atoms with E-state index in [0.29, 0.717) is 45.0 Å². The molecule has 9 nitrogen and oxygen atoms in total. The zero-order valence-electron chi connectivity index (χ0n) is 16.5. The SMILES string of the molecule is COc1cccc([C@@H]2C(C(=O)Nc3ccc(Cl)cc3)=C(C)Nc3nnnn32)c1OC. The van der Waals surface area contributed by atoms with Gasteiger partial charge in [0.15, 0.2) is 11.5 Å². The number of nitrogens with zero attached hydrogens (tertiary/aromatic N) is 4. The van der Waals surface area contributed by atoms with Crippen LogP contribution in [0.2, 0.25) is 5.02 Å². The fourth-order valence-electron chi connectivity index (χ4n) is 3.45. The molecule has 2 aromatic carbocycles. The third-order valence-corrected chi connectivity index (χ3v) is 5.04. The Hall–Kier alpha value is -3.59. The summed E-state index contributed by atoms with van der Waals surface area (Å²) in [6.07, 6.45) is 0. The number of tetrazole rings is 1. The van der Waals surface area contributed by atoms with Gasteiger partial charge in [0.05, 0.1) is 19.8 Å². The van der Waals surface area contributed by atoms with Crippen molar-refractivity contribution >= 4 is 29.1 Å². The number of para-hydroxylation sites is 1. The predicted octanol–water partition coefficient (Wildman–Crippen LogP) is 3.27. The summed E-state index contributed by atoms with van der Waals surface area (Å²) >= 11 is 5.95. The largest absolute Gasteiger partial charge is 0.493 e. The maximum atomic E-state index is 13.3. The summed E-state index contributed by atoms with van der Waals surface area (Å²) in [6.45, 7) is 1.80. The molecule has 2 N–H and O–H groups in total. The number of allylic oxidation sites excluding steroid dienone is 1. The second-order valence-electron chi connectivity index (χ2n) is 6.56. The summed E-state index contributed by atoms with van der Waals surface area (Å²) in [4.78, 5) is 13.3. The van der Waals surface area contributed by atoms with Gasteiger partial charge in [-0.15, -0.1) is 0 Å². The van der Waals surface area contributed by atoms with Crippen molar-refractivity contribution in [3.05, 3.63) is 64.3 Å². The van der Waals surface area contributed by atoms with Crippen LogP contribution in [0.25, 0.3) is 0 Å². The number of amides is 1. The molecule has 0 aliphatic carbocycles. The van der Waals surface area contributed by atoms with Crippen LogP contribution in [0.4, 0.5) is 11.6 Å². The third-order valence-electron chi connectivity index (χ3n) is 4.79. The van der Waals surface area contributed by atoms with Crippen molar-refractivity contribution in [1.29, 1.82) is 0 Å². The minimum absolute atomic E-state index is 0.307. The quantitative estimate of drug-likeness (QED) is 0.645. The van der Waals surface area contributed by atoms with Gasteiger partial charge in [-0.3, -0.25) is 4.79 Å². The van der Waals surface area contributed by atoms with Crippen molar-refractivity contribution in [3.8, 4) is 11.5 Å². The van der Waals surface area contributed by atoms with Crippen LogP contribution in [-0.2, 0) is 4.79 Å². The lowest BCUT2D eigenvalue weighted by molar-refractivity contribution is -0.113. The van der Waals surface area contributed by atoms with E-state index in [-0.39, 0.29) is 5.91 Å². The molecule has 1 aliphatic rings. The molecular weight excluding hydrogens is 408 g/mol. The number of carbonyl (C=O) groups excluding carboxylic acids is 1. The van der Waals surface area contributed by atoms with E-state index in [4.69, 9.17) is 21.1 Å². The molecule has 0 fully saturated rings. The van der Waals surface area contributed by atoms with Crippen molar-refractivity contribution in [2.24, 2.45) is 0 Å². The molecule has 2 heterocycles. The highest BCUT2D eigenvalue weighted by atomic mass is 35.5. The summed E-state index contributed by atoms with van der Waals surface area (Å²) in [7, 11) is 3.11. The average molecular weight is 427 g/mol. The number of hydrogen-bond donors (Lipinski definition) is 2. The van der Waals surface area contributed by atoms with Crippen LogP contribution < -0.4 is 20.1 Å². The molecule has 30 heavy (non-hydrogen) atoms. The number of hydrogen-bond acceptors (Lipinski definition) is 7. The fourth-order valence-corrected chi connectivity index (χ4v) is 3.58. The fraction of sp³-hybridized carbons (Fsp3) is 0.200. The van der Waals surface area contributed by atoms with Crippen LogP contribution in [0, 0.1) is 0 Å². The maximum absolute atomic E-state index is 13.3. The first kappa shape index (κ1) is 19.7. The molecule has 0 bridgehead atoms. The minimum atomic E-state index is -0.631. The highest BCUT2D eigenvalue weighted by molar-refractivity contribution is 6.30. The second kappa shape index (κ2) is 8.03. The molecule has 1 aliphatic heterocycles. The molecular formula is C20H19ClN6O3. The molecule has 154 valence electrons. The number of carbonyl (C=O) groups is 1. The summed E-state index contributed by atoms with van der Waals surface area (Å²) in [5.41, 5.74) is 2.37. The Morgan fingerprint density at radius 3 is 2.63 bits per heavy atom.